The number of carbonyl (C=O) groups is 2. The van der Waals surface area contributed by atoms with Gasteiger partial charge in [-0.25, -0.2) is 9.59 Å². The second-order valence-electron chi connectivity index (χ2n) is 4.15. The number of aliphatic carboxylic acids is 1. The Bertz CT molecular complexity index is 600. The summed E-state index contributed by atoms with van der Waals surface area (Å²) in [7, 11) is 0. The molecule has 0 radical (unpaired) electrons. The molecule has 23 heavy (non-hydrogen) atoms. The first-order valence-corrected chi connectivity index (χ1v) is 5.76. The number of carboxylic acids is 1. The van der Waals surface area contributed by atoms with Gasteiger partial charge in [-0.15, -0.1) is 0 Å². The fraction of sp³-hybridized carbons (Fsp3) is 0.231. The largest absolute Gasteiger partial charge is 0.478 e. The lowest BCUT2D eigenvalue weighted by atomic mass is 10.1. The molecule has 1 unspecified atom stereocenters. The van der Waals surface area contributed by atoms with Crippen LogP contribution in [0.1, 0.15) is 17.2 Å². The Labute approximate surface area is 125 Å². The van der Waals surface area contributed by atoms with Gasteiger partial charge in [-0.3, -0.25) is 0 Å². The molecule has 0 spiro atoms. The zero-order valence-corrected chi connectivity index (χ0v) is 11.0. The summed E-state index contributed by atoms with van der Waals surface area (Å²) in [6, 6.07) is 1.87. The Hall–Kier alpha value is -2.52. The Morgan fingerprint density at radius 3 is 1.91 bits per heavy atom. The molecule has 0 aliphatic carbocycles. The molecule has 0 amide bonds. The molecular formula is C13H8F6O4. The van der Waals surface area contributed by atoms with E-state index < -0.39 is 41.5 Å². The van der Waals surface area contributed by atoms with Gasteiger partial charge in [-0.2, -0.15) is 26.3 Å². The van der Waals surface area contributed by atoms with Crippen LogP contribution >= 0.6 is 0 Å². The molecule has 1 atom stereocenters. The number of carboxylic acid groups (broad SMARTS) is 1. The van der Waals surface area contributed by atoms with Crippen molar-refractivity contribution in [2.24, 2.45) is 0 Å². The van der Waals surface area contributed by atoms with Crippen LogP contribution in [0, 0.1) is 0 Å². The number of hydrogen-bond donors (Lipinski definition) is 1. The maximum atomic E-state index is 12.9. The van der Waals surface area contributed by atoms with E-state index in [1.807, 2.05) is 0 Å². The van der Waals surface area contributed by atoms with E-state index >= 15 is 0 Å². The Balaban J connectivity index is 3.04. The van der Waals surface area contributed by atoms with Gasteiger partial charge in [0, 0.05) is 17.7 Å². The van der Waals surface area contributed by atoms with E-state index in [0.717, 1.165) is 0 Å². The van der Waals surface area contributed by atoms with E-state index in [1.165, 1.54) is 0 Å². The van der Waals surface area contributed by atoms with Crippen LogP contribution in [-0.2, 0) is 20.5 Å². The number of halogens is 6. The number of alkyl halides is 6. The molecule has 126 valence electrons. The molecule has 1 aromatic rings. The predicted octanol–water partition coefficient (Wildman–Crippen LogP) is 3.49. The van der Waals surface area contributed by atoms with E-state index in [4.69, 9.17) is 5.11 Å². The number of benzene rings is 1. The molecule has 1 rings (SSSR count). The summed E-state index contributed by atoms with van der Waals surface area (Å²) in [5, 5.41) is 8.26. The summed E-state index contributed by atoms with van der Waals surface area (Å²) < 4.78 is 79.8. The SMILES string of the molecule is O=C(O)/C=C/C(=O)OC(c1ccc(C(F)(F)F)cc1)C(F)(F)F. The van der Waals surface area contributed by atoms with E-state index in [1.54, 1.807) is 0 Å². The minimum absolute atomic E-state index is 0.255. The lowest BCUT2D eigenvalue weighted by Gasteiger charge is -2.20. The van der Waals surface area contributed by atoms with Crippen molar-refractivity contribution in [3.05, 3.63) is 47.5 Å². The summed E-state index contributed by atoms with van der Waals surface area (Å²) in [5.41, 5.74) is -1.90. The van der Waals surface area contributed by atoms with Gasteiger partial charge in [0.15, 0.2) is 0 Å². The summed E-state index contributed by atoms with van der Waals surface area (Å²) in [4.78, 5) is 21.3. The van der Waals surface area contributed by atoms with Crippen LogP contribution in [0.5, 0.6) is 0 Å². The van der Waals surface area contributed by atoms with Crippen molar-refractivity contribution in [1.29, 1.82) is 0 Å². The van der Waals surface area contributed by atoms with Crippen LogP contribution in [0.15, 0.2) is 36.4 Å². The molecule has 0 aliphatic heterocycles. The van der Waals surface area contributed by atoms with Gasteiger partial charge in [0.2, 0.25) is 6.10 Å². The highest BCUT2D eigenvalue weighted by molar-refractivity contribution is 5.90. The van der Waals surface area contributed by atoms with Gasteiger partial charge < -0.3 is 9.84 Å². The highest BCUT2D eigenvalue weighted by atomic mass is 19.4. The first-order chi connectivity index (χ1) is 10.4. The minimum Gasteiger partial charge on any atom is -0.478 e. The van der Waals surface area contributed by atoms with Crippen molar-refractivity contribution in [3.8, 4) is 0 Å². The maximum absolute atomic E-state index is 12.9. The van der Waals surface area contributed by atoms with Crippen molar-refractivity contribution in [1.82, 2.24) is 0 Å². The molecule has 0 saturated heterocycles. The van der Waals surface area contributed by atoms with Crippen molar-refractivity contribution in [3.63, 3.8) is 0 Å². The average molecular weight is 342 g/mol. The second kappa shape index (κ2) is 6.71. The third kappa shape index (κ3) is 5.64. The molecule has 0 heterocycles. The number of ether oxygens (including phenoxy) is 1. The first-order valence-electron chi connectivity index (χ1n) is 5.76. The van der Waals surface area contributed by atoms with Gasteiger partial charge in [-0.05, 0) is 12.1 Å². The standard InChI is InChI=1S/C13H8F6O4/c14-12(15,16)8-3-1-7(2-4-8)11(13(17,18)19)23-10(22)6-5-9(20)21/h1-6,11H,(H,20,21)/b6-5+. The first kappa shape index (κ1) is 18.5. The highest BCUT2D eigenvalue weighted by Gasteiger charge is 2.44. The molecule has 0 fully saturated rings. The molecule has 1 aromatic carbocycles. The topological polar surface area (TPSA) is 63.6 Å². The lowest BCUT2D eigenvalue weighted by Crippen LogP contribution is -2.25. The zero-order chi connectivity index (χ0) is 17.8. The lowest BCUT2D eigenvalue weighted by molar-refractivity contribution is -0.221. The Morgan fingerprint density at radius 2 is 1.52 bits per heavy atom. The van der Waals surface area contributed by atoms with Crippen molar-refractivity contribution < 1.29 is 45.8 Å². The van der Waals surface area contributed by atoms with Crippen LogP contribution in [-0.4, -0.2) is 23.2 Å². The quantitative estimate of drug-likeness (QED) is 0.517. The van der Waals surface area contributed by atoms with E-state index in [9.17, 15) is 35.9 Å². The summed E-state index contributed by atoms with van der Waals surface area (Å²) in [6.45, 7) is 0. The molecule has 0 aliphatic rings. The van der Waals surface area contributed by atoms with Crippen LogP contribution in [0.25, 0.3) is 0 Å². The normalized spacial score (nSPS) is 13.8. The fourth-order valence-electron chi connectivity index (χ4n) is 1.47. The van der Waals surface area contributed by atoms with E-state index in [-0.39, 0.29) is 12.2 Å². The maximum Gasteiger partial charge on any atom is 0.429 e. The highest BCUT2D eigenvalue weighted by Crippen LogP contribution is 2.37. The molecular weight excluding hydrogens is 334 g/mol. The molecule has 0 bridgehead atoms. The Kier molecular flexibility index (Phi) is 5.41. The minimum atomic E-state index is -5.09. The number of rotatable bonds is 4. The van der Waals surface area contributed by atoms with Crippen LogP contribution < -0.4 is 0 Å². The van der Waals surface area contributed by atoms with Crippen LogP contribution in [0.4, 0.5) is 26.3 Å². The van der Waals surface area contributed by atoms with Gasteiger partial charge >= 0.3 is 24.3 Å². The van der Waals surface area contributed by atoms with Gasteiger partial charge in [-0.1, -0.05) is 12.1 Å². The number of esters is 1. The summed E-state index contributed by atoms with van der Waals surface area (Å²) >= 11 is 0. The molecule has 10 heteroatoms. The summed E-state index contributed by atoms with van der Waals surface area (Å²) in [5.74, 6) is -3.19. The molecule has 1 N–H and O–H groups in total. The van der Waals surface area contributed by atoms with Crippen LogP contribution in [0.3, 0.4) is 0 Å². The Morgan fingerprint density at radius 1 is 1.00 bits per heavy atom. The van der Waals surface area contributed by atoms with E-state index in [2.05, 4.69) is 4.74 Å². The zero-order valence-electron chi connectivity index (χ0n) is 11.0. The van der Waals surface area contributed by atoms with E-state index in [0.29, 0.717) is 24.3 Å². The second-order valence-corrected chi connectivity index (χ2v) is 4.15. The molecule has 0 aromatic heterocycles. The van der Waals surface area contributed by atoms with Crippen LogP contribution in [0.2, 0.25) is 0 Å². The summed E-state index contributed by atoms with van der Waals surface area (Å²) in [6.07, 6.45) is -12.1. The van der Waals surface area contributed by atoms with Gasteiger partial charge in [0.05, 0.1) is 5.56 Å². The smallest absolute Gasteiger partial charge is 0.429 e. The monoisotopic (exact) mass is 342 g/mol. The van der Waals surface area contributed by atoms with Crippen molar-refractivity contribution >= 4 is 11.9 Å². The molecule has 4 nitrogen and oxygen atoms in total. The fourth-order valence-corrected chi connectivity index (χ4v) is 1.47. The molecule has 0 saturated carbocycles. The van der Waals surface area contributed by atoms with Crippen molar-refractivity contribution in [2.45, 2.75) is 18.5 Å². The average Bonchev–Trinajstić information content (AvgIpc) is 2.40. The van der Waals surface area contributed by atoms with Gasteiger partial charge in [0.1, 0.15) is 0 Å². The third-order valence-electron chi connectivity index (χ3n) is 2.43. The predicted molar refractivity (Wildman–Crippen MR) is 63.1 cm³/mol. The van der Waals surface area contributed by atoms with Crippen molar-refractivity contribution in [2.75, 3.05) is 0 Å². The number of carbonyl (C=O) groups excluding carboxylic acids is 1. The number of hydrogen-bond acceptors (Lipinski definition) is 3. The van der Waals surface area contributed by atoms with Gasteiger partial charge in [0.25, 0.3) is 0 Å². The third-order valence-corrected chi connectivity index (χ3v) is 2.43.